The van der Waals surface area contributed by atoms with E-state index in [0.29, 0.717) is 11.1 Å². The van der Waals surface area contributed by atoms with Crippen LogP contribution in [0.3, 0.4) is 0 Å². The normalized spacial score (nSPS) is 11.8. The van der Waals surface area contributed by atoms with Gasteiger partial charge in [0.15, 0.2) is 5.78 Å². The van der Waals surface area contributed by atoms with Crippen molar-refractivity contribution in [1.82, 2.24) is 4.98 Å². The molecule has 0 amide bonds. The van der Waals surface area contributed by atoms with Gasteiger partial charge in [0.2, 0.25) is 0 Å². The van der Waals surface area contributed by atoms with Crippen LogP contribution < -0.4 is 0 Å². The highest BCUT2D eigenvalue weighted by atomic mass is 79.9. The second-order valence-electron chi connectivity index (χ2n) is 4.31. The molecule has 0 aliphatic carbocycles. The molecule has 1 heterocycles. The number of carboxylic acids is 1. The van der Waals surface area contributed by atoms with Crippen molar-refractivity contribution >= 4 is 27.7 Å². The molecule has 102 valence electrons. The molecule has 1 aromatic heterocycles. The Bertz CT molecular complexity index is 628. The van der Waals surface area contributed by atoms with Gasteiger partial charge in [-0.25, -0.2) is 0 Å². The lowest BCUT2D eigenvalue weighted by Gasteiger charge is -2.14. The predicted octanol–water partition coefficient (Wildman–Crippen LogP) is 3.29. The van der Waals surface area contributed by atoms with Crippen LogP contribution in [0.25, 0.3) is 0 Å². The van der Waals surface area contributed by atoms with E-state index in [1.807, 2.05) is 6.07 Å². The van der Waals surface area contributed by atoms with Crippen molar-refractivity contribution in [1.29, 1.82) is 0 Å². The quantitative estimate of drug-likeness (QED) is 0.852. The summed E-state index contributed by atoms with van der Waals surface area (Å²) in [7, 11) is 0. The number of carboxylic acid groups (broad SMARTS) is 1. The summed E-state index contributed by atoms with van der Waals surface area (Å²) in [6.07, 6.45) is 2.78. The Labute approximate surface area is 124 Å². The Hall–Kier alpha value is -2.01. The zero-order valence-electron chi connectivity index (χ0n) is 10.5. The van der Waals surface area contributed by atoms with E-state index in [1.165, 1.54) is 6.20 Å². The van der Waals surface area contributed by atoms with Crippen molar-refractivity contribution in [3.63, 3.8) is 0 Å². The molecule has 0 bridgehead atoms. The van der Waals surface area contributed by atoms with Crippen molar-refractivity contribution in [2.24, 2.45) is 0 Å². The molecule has 0 spiro atoms. The molecule has 0 aliphatic rings. The number of benzene rings is 1. The molecule has 1 N–H and O–H groups in total. The van der Waals surface area contributed by atoms with E-state index >= 15 is 0 Å². The van der Waals surface area contributed by atoms with Crippen LogP contribution in [-0.4, -0.2) is 21.8 Å². The summed E-state index contributed by atoms with van der Waals surface area (Å²) in [5, 5.41) is 9.03. The molecular weight excluding hydrogens is 322 g/mol. The molecule has 5 heteroatoms. The predicted molar refractivity (Wildman–Crippen MR) is 77.7 cm³/mol. The maximum absolute atomic E-state index is 12.5. The number of hydrogen-bond donors (Lipinski definition) is 1. The van der Waals surface area contributed by atoms with E-state index in [0.717, 1.165) is 4.47 Å². The minimum atomic E-state index is -1.01. The lowest BCUT2D eigenvalue weighted by atomic mass is 9.88. The first-order valence-electron chi connectivity index (χ1n) is 5.99. The summed E-state index contributed by atoms with van der Waals surface area (Å²) >= 11 is 3.33. The summed E-state index contributed by atoms with van der Waals surface area (Å²) in [5.41, 5.74) is 1.09. The van der Waals surface area contributed by atoms with Gasteiger partial charge in [0.25, 0.3) is 0 Å². The highest BCUT2D eigenvalue weighted by Crippen LogP contribution is 2.26. The SMILES string of the molecule is O=C(O)CC(C(=O)c1cccnc1)c1cccc(Br)c1. The molecule has 4 nitrogen and oxygen atoms in total. The number of carbonyl (C=O) groups is 2. The zero-order chi connectivity index (χ0) is 14.5. The molecule has 0 aliphatic heterocycles. The van der Waals surface area contributed by atoms with Gasteiger partial charge in [-0.05, 0) is 29.8 Å². The van der Waals surface area contributed by atoms with Crippen LogP contribution in [0, 0.1) is 0 Å². The molecule has 0 saturated carbocycles. The number of halogens is 1. The third-order valence-corrected chi connectivity index (χ3v) is 3.39. The van der Waals surface area contributed by atoms with Gasteiger partial charge >= 0.3 is 5.97 Å². The maximum atomic E-state index is 12.5. The van der Waals surface area contributed by atoms with Gasteiger partial charge in [0, 0.05) is 22.4 Å². The number of hydrogen-bond acceptors (Lipinski definition) is 3. The van der Waals surface area contributed by atoms with Crippen molar-refractivity contribution in [2.75, 3.05) is 0 Å². The first-order chi connectivity index (χ1) is 9.58. The number of rotatable bonds is 5. The van der Waals surface area contributed by atoms with Gasteiger partial charge in [-0.1, -0.05) is 28.1 Å². The fourth-order valence-electron chi connectivity index (χ4n) is 1.97. The molecule has 0 fully saturated rings. The third kappa shape index (κ3) is 3.51. The summed E-state index contributed by atoms with van der Waals surface area (Å²) in [4.78, 5) is 27.4. The summed E-state index contributed by atoms with van der Waals surface area (Å²) < 4.78 is 0.810. The third-order valence-electron chi connectivity index (χ3n) is 2.89. The zero-order valence-corrected chi connectivity index (χ0v) is 12.1. The summed E-state index contributed by atoms with van der Waals surface area (Å²) in [6.45, 7) is 0. The number of Topliss-reactive ketones (excluding diaryl/α,β-unsaturated/α-hetero) is 1. The van der Waals surface area contributed by atoms with Crippen LogP contribution in [-0.2, 0) is 4.79 Å². The van der Waals surface area contributed by atoms with Crippen LogP contribution in [0.1, 0.15) is 28.3 Å². The van der Waals surface area contributed by atoms with E-state index in [-0.39, 0.29) is 12.2 Å². The minimum absolute atomic E-state index is 0.237. The van der Waals surface area contributed by atoms with Crippen molar-refractivity contribution < 1.29 is 14.7 Å². The van der Waals surface area contributed by atoms with Gasteiger partial charge in [-0.3, -0.25) is 14.6 Å². The molecular formula is C15H12BrNO3. The van der Waals surface area contributed by atoms with Gasteiger partial charge in [-0.2, -0.15) is 0 Å². The van der Waals surface area contributed by atoms with Crippen LogP contribution in [0.4, 0.5) is 0 Å². The Balaban J connectivity index is 2.38. The van der Waals surface area contributed by atoms with Crippen LogP contribution in [0.15, 0.2) is 53.3 Å². The van der Waals surface area contributed by atoms with Crippen molar-refractivity contribution in [3.8, 4) is 0 Å². The molecule has 20 heavy (non-hydrogen) atoms. The lowest BCUT2D eigenvalue weighted by Crippen LogP contribution is -2.17. The molecule has 0 saturated heterocycles. The van der Waals surface area contributed by atoms with E-state index in [4.69, 9.17) is 5.11 Å². The topological polar surface area (TPSA) is 67.3 Å². The number of carbonyl (C=O) groups excluding carboxylic acids is 1. The largest absolute Gasteiger partial charge is 0.481 e. The standard InChI is InChI=1S/C15H12BrNO3/c16-12-5-1-3-10(7-12)13(8-14(18)19)15(20)11-4-2-6-17-9-11/h1-7,9,13H,8H2,(H,18,19). The fourth-order valence-corrected chi connectivity index (χ4v) is 2.39. The van der Waals surface area contributed by atoms with E-state index in [1.54, 1.807) is 36.5 Å². The Morgan fingerprint density at radius 2 is 2.05 bits per heavy atom. The molecule has 1 atom stereocenters. The second-order valence-corrected chi connectivity index (χ2v) is 5.23. The van der Waals surface area contributed by atoms with Gasteiger partial charge in [0.05, 0.1) is 12.3 Å². The first-order valence-corrected chi connectivity index (χ1v) is 6.78. The monoisotopic (exact) mass is 333 g/mol. The highest BCUT2D eigenvalue weighted by Gasteiger charge is 2.25. The average molecular weight is 334 g/mol. The van der Waals surface area contributed by atoms with Gasteiger partial charge in [0.1, 0.15) is 0 Å². The molecule has 0 radical (unpaired) electrons. The van der Waals surface area contributed by atoms with E-state index in [2.05, 4.69) is 20.9 Å². The second kappa shape index (κ2) is 6.43. The van der Waals surface area contributed by atoms with Gasteiger partial charge in [-0.15, -0.1) is 0 Å². The summed E-state index contributed by atoms with van der Waals surface area (Å²) in [5.74, 6) is -1.96. The minimum Gasteiger partial charge on any atom is -0.481 e. The summed E-state index contributed by atoms with van der Waals surface area (Å²) in [6, 6.07) is 10.4. The molecule has 2 aromatic rings. The smallest absolute Gasteiger partial charge is 0.304 e. The van der Waals surface area contributed by atoms with Crippen molar-refractivity contribution in [2.45, 2.75) is 12.3 Å². The van der Waals surface area contributed by atoms with E-state index < -0.39 is 11.9 Å². The van der Waals surface area contributed by atoms with Crippen LogP contribution in [0.5, 0.6) is 0 Å². The number of aliphatic carboxylic acids is 1. The number of pyridine rings is 1. The number of aromatic nitrogens is 1. The Kier molecular flexibility index (Phi) is 4.63. The fraction of sp³-hybridized carbons (Fsp3) is 0.133. The van der Waals surface area contributed by atoms with Crippen LogP contribution in [0.2, 0.25) is 0 Å². The Morgan fingerprint density at radius 1 is 1.25 bits per heavy atom. The van der Waals surface area contributed by atoms with E-state index in [9.17, 15) is 9.59 Å². The first kappa shape index (κ1) is 14.4. The van der Waals surface area contributed by atoms with Gasteiger partial charge < -0.3 is 5.11 Å². The molecule has 1 unspecified atom stereocenters. The Morgan fingerprint density at radius 3 is 2.65 bits per heavy atom. The highest BCUT2D eigenvalue weighted by molar-refractivity contribution is 9.10. The molecule has 2 rings (SSSR count). The average Bonchev–Trinajstić information content (AvgIpc) is 2.45. The number of ketones is 1. The van der Waals surface area contributed by atoms with Crippen LogP contribution >= 0.6 is 15.9 Å². The lowest BCUT2D eigenvalue weighted by molar-refractivity contribution is -0.137. The number of nitrogens with zero attached hydrogens (tertiary/aromatic N) is 1. The maximum Gasteiger partial charge on any atom is 0.304 e. The van der Waals surface area contributed by atoms with Crippen molar-refractivity contribution in [3.05, 3.63) is 64.4 Å². The molecule has 1 aromatic carbocycles.